The van der Waals surface area contributed by atoms with Crippen LogP contribution in [0.15, 0.2) is 12.1 Å². The van der Waals surface area contributed by atoms with Gasteiger partial charge in [0.2, 0.25) is 5.91 Å². The maximum atomic E-state index is 12.2. The lowest BCUT2D eigenvalue weighted by atomic mass is 9.98. The molecule has 2 aliphatic rings. The van der Waals surface area contributed by atoms with Crippen LogP contribution in [0.2, 0.25) is 5.02 Å². The summed E-state index contributed by atoms with van der Waals surface area (Å²) in [7, 11) is 0. The predicted molar refractivity (Wildman–Crippen MR) is 86.9 cm³/mol. The van der Waals surface area contributed by atoms with Crippen LogP contribution >= 0.6 is 24.0 Å². The molecule has 1 amide bonds. The van der Waals surface area contributed by atoms with Crippen LogP contribution in [0.1, 0.15) is 31.2 Å². The highest BCUT2D eigenvalue weighted by Gasteiger charge is 2.36. The first-order valence-corrected chi connectivity index (χ1v) is 7.61. The number of nitrogens with one attached hydrogen (secondary N) is 1. The molecule has 1 aromatic rings. The average Bonchev–Trinajstić information content (AvgIpc) is 2.93. The fraction of sp³-hybridized carbons (Fsp3) is 0.533. The third-order valence-electron chi connectivity index (χ3n) is 4.06. The number of hydrogen-bond donors (Lipinski definition) is 2. The molecule has 0 bridgehead atoms. The summed E-state index contributed by atoms with van der Waals surface area (Å²) in [6.07, 6.45) is 3.53. The van der Waals surface area contributed by atoms with Crippen molar-refractivity contribution in [1.82, 2.24) is 5.32 Å². The summed E-state index contributed by atoms with van der Waals surface area (Å²) < 4.78 is 11.0. The fourth-order valence-electron chi connectivity index (χ4n) is 2.86. The van der Waals surface area contributed by atoms with E-state index >= 15 is 0 Å². The van der Waals surface area contributed by atoms with Crippen LogP contribution in [0, 0.1) is 0 Å². The smallest absolute Gasteiger partial charge is 0.240 e. The predicted octanol–water partition coefficient (Wildman–Crippen LogP) is 2.42. The Labute approximate surface area is 140 Å². The molecule has 3 N–H and O–H groups in total. The van der Waals surface area contributed by atoms with Crippen molar-refractivity contribution in [2.24, 2.45) is 5.73 Å². The summed E-state index contributed by atoms with van der Waals surface area (Å²) in [5.74, 6) is 1.11. The molecule has 1 aliphatic carbocycles. The lowest BCUT2D eigenvalue weighted by Gasteiger charge is -2.23. The number of benzene rings is 1. The average molecular weight is 347 g/mol. The van der Waals surface area contributed by atoms with Crippen LogP contribution < -0.4 is 20.5 Å². The molecule has 1 saturated carbocycles. The first-order chi connectivity index (χ1) is 10.1. The molecule has 1 aliphatic heterocycles. The zero-order valence-electron chi connectivity index (χ0n) is 12.2. The number of fused-ring (bicyclic) bond motifs is 1. The summed E-state index contributed by atoms with van der Waals surface area (Å²) in [5, 5.41) is 3.40. The van der Waals surface area contributed by atoms with Crippen LogP contribution in [-0.4, -0.2) is 24.7 Å². The first-order valence-electron chi connectivity index (χ1n) is 7.24. The summed E-state index contributed by atoms with van der Waals surface area (Å²) in [5.41, 5.74) is 6.29. The third kappa shape index (κ3) is 3.42. The number of ether oxygens (including phenoxy) is 2. The standard InChI is InChI=1S/C15H19ClN2O3.ClH/c16-11-7-10(8-12-13(11)21-6-5-20-12)9-18-14(19)15(17)3-1-2-4-15;/h7-8H,1-6,9,17H2,(H,18,19);1H. The largest absolute Gasteiger partial charge is 0.486 e. The van der Waals surface area contributed by atoms with Crippen molar-refractivity contribution in [2.75, 3.05) is 13.2 Å². The van der Waals surface area contributed by atoms with E-state index in [4.69, 9.17) is 26.8 Å². The van der Waals surface area contributed by atoms with Gasteiger partial charge in [-0.1, -0.05) is 24.4 Å². The highest BCUT2D eigenvalue weighted by molar-refractivity contribution is 6.32. The van der Waals surface area contributed by atoms with E-state index in [1.165, 1.54) is 0 Å². The van der Waals surface area contributed by atoms with E-state index in [0.717, 1.165) is 31.2 Å². The zero-order chi connectivity index (χ0) is 14.9. The number of nitrogens with two attached hydrogens (primary N) is 1. The lowest BCUT2D eigenvalue weighted by Crippen LogP contribution is -2.51. The highest BCUT2D eigenvalue weighted by Crippen LogP contribution is 2.38. The Morgan fingerprint density at radius 1 is 1.27 bits per heavy atom. The molecule has 0 aromatic heterocycles. The van der Waals surface area contributed by atoms with E-state index in [0.29, 0.717) is 36.3 Å². The van der Waals surface area contributed by atoms with Gasteiger partial charge in [0.05, 0.1) is 10.6 Å². The fourth-order valence-corrected chi connectivity index (χ4v) is 3.15. The Hall–Kier alpha value is -1.17. The van der Waals surface area contributed by atoms with Crippen molar-refractivity contribution >= 4 is 29.9 Å². The molecule has 0 unspecified atom stereocenters. The number of carbonyl (C=O) groups is 1. The second-order valence-corrected chi connectivity index (χ2v) is 6.05. The van der Waals surface area contributed by atoms with E-state index < -0.39 is 5.54 Å². The molecule has 0 spiro atoms. The summed E-state index contributed by atoms with van der Waals surface area (Å²) in [6.45, 7) is 1.39. The highest BCUT2D eigenvalue weighted by atomic mass is 35.5. The third-order valence-corrected chi connectivity index (χ3v) is 4.34. The molecule has 7 heteroatoms. The molecule has 1 heterocycles. The van der Waals surface area contributed by atoms with Crippen molar-refractivity contribution in [3.05, 3.63) is 22.7 Å². The Bertz CT molecular complexity index is 560. The molecule has 0 saturated heterocycles. The second kappa shape index (κ2) is 6.94. The van der Waals surface area contributed by atoms with E-state index in [-0.39, 0.29) is 18.3 Å². The van der Waals surface area contributed by atoms with E-state index in [9.17, 15) is 4.79 Å². The number of amides is 1. The van der Waals surface area contributed by atoms with Crippen LogP contribution in [0.4, 0.5) is 0 Å². The quantitative estimate of drug-likeness (QED) is 0.881. The van der Waals surface area contributed by atoms with Crippen LogP contribution in [0.5, 0.6) is 11.5 Å². The van der Waals surface area contributed by atoms with Gasteiger partial charge in [0.25, 0.3) is 0 Å². The monoisotopic (exact) mass is 346 g/mol. The van der Waals surface area contributed by atoms with Crippen LogP contribution in [-0.2, 0) is 11.3 Å². The van der Waals surface area contributed by atoms with Gasteiger partial charge in [0.15, 0.2) is 11.5 Å². The molecular formula is C15H20Cl2N2O3. The van der Waals surface area contributed by atoms with Crippen molar-refractivity contribution in [3.63, 3.8) is 0 Å². The minimum absolute atomic E-state index is 0. The van der Waals surface area contributed by atoms with E-state index in [1.807, 2.05) is 6.07 Å². The lowest BCUT2D eigenvalue weighted by molar-refractivity contribution is -0.126. The number of carbonyl (C=O) groups excluding carboxylic acids is 1. The zero-order valence-corrected chi connectivity index (χ0v) is 13.8. The van der Waals surface area contributed by atoms with Crippen molar-refractivity contribution in [2.45, 2.75) is 37.8 Å². The van der Waals surface area contributed by atoms with Crippen molar-refractivity contribution in [1.29, 1.82) is 0 Å². The molecule has 3 rings (SSSR count). The van der Waals surface area contributed by atoms with Crippen molar-refractivity contribution < 1.29 is 14.3 Å². The first kappa shape index (κ1) is 17.2. The maximum Gasteiger partial charge on any atom is 0.240 e. The number of halogens is 2. The topological polar surface area (TPSA) is 73.6 Å². The minimum atomic E-state index is -0.711. The van der Waals surface area contributed by atoms with Gasteiger partial charge >= 0.3 is 0 Å². The van der Waals surface area contributed by atoms with Gasteiger partial charge in [-0.25, -0.2) is 0 Å². The number of hydrogen-bond acceptors (Lipinski definition) is 4. The van der Waals surface area contributed by atoms with Gasteiger partial charge in [-0.15, -0.1) is 12.4 Å². The molecule has 122 valence electrons. The normalized spacial score (nSPS) is 18.5. The Morgan fingerprint density at radius 2 is 1.95 bits per heavy atom. The Kier molecular flexibility index (Phi) is 5.42. The minimum Gasteiger partial charge on any atom is -0.486 e. The molecular weight excluding hydrogens is 327 g/mol. The maximum absolute atomic E-state index is 12.2. The molecule has 1 fully saturated rings. The SMILES string of the molecule is Cl.NC1(C(=O)NCc2cc(Cl)c3c(c2)OCCO3)CCCC1. The van der Waals surface area contributed by atoms with Crippen molar-refractivity contribution in [3.8, 4) is 11.5 Å². The van der Waals surface area contributed by atoms with Gasteiger partial charge in [-0.3, -0.25) is 4.79 Å². The Balaban J connectivity index is 0.00000176. The number of rotatable bonds is 3. The Morgan fingerprint density at radius 3 is 2.68 bits per heavy atom. The molecule has 0 radical (unpaired) electrons. The van der Waals surface area contributed by atoms with Gasteiger partial charge in [-0.05, 0) is 30.5 Å². The van der Waals surface area contributed by atoms with E-state index in [1.54, 1.807) is 6.07 Å². The van der Waals surface area contributed by atoms with Gasteiger partial charge in [0, 0.05) is 6.54 Å². The van der Waals surface area contributed by atoms with Crippen LogP contribution in [0.3, 0.4) is 0 Å². The summed E-state index contributed by atoms with van der Waals surface area (Å²) in [6, 6.07) is 3.63. The van der Waals surface area contributed by atoms with E-state index in [2.05, 4.69) is 5.32 Å². The summed E-state index contributed by atoms with van der Waals surface area (Å²) in [4.78, 5) is 12.2. The molecule has 5 nitrogen and oxygen atoms in total. The molecule has 1 aromatic carbocycles. The molecule has 22 heavy (non-hydrogen) atoms. The van der Waals surface area contributed by atoms with Crippen LogP contribution in [0.25, 0.3) is 0 Å². The second-order valence-electron chi connectivity index (χ2n) is 5.65. The summed E-state index contributed by atoms with van der Waals surface area (Å²) >= 11 is 6.17. The van der Waals surface area contributed by atoms with Gasteiger partial charge in [0.1, 0.15) is 13.2 Å². The van der Waals surface area contributed by atoms with Gasteiger partial charge in [-0.2, -0.15) is 0 Å². The van der Waals surface area contributed by atoms with Gasteiger partial charge < -0.3 is 20.5 Å². The molecule has 0 atom stereocenters.